The van der Waals surface area contributed by atoms with E-state index >= 15 is 0 Å². The maximum absolute atomic E-state index is 13.2. The first-order chi connectivity index (χ1) is 6.74. The molecule has 0 aliphatic carbocycles. The van der Waals surface area contributed by atoms with Gasteiger partial charge in [0.05, 0.1) is 5.02 Å². The standard InChI is InChI=1S/C10H8ClFN2/c11-9-6(4-13)5-14-10-7(9)2-1-3-8(10)12/h1-3,5H,4,13H2. The highest BCUT2D eigenvalue weighted by Crippen LogP contribution is 2.26. The normalized spacial score (nSPS) is 10.8. The van der Waals surface area contributed by atoms with E-state index in [0.717, 1.165) is 5.56 Å². The number of halogens is 2. The van der Waals surface area contributed by atoms with Crippen molar-refractivity contribution in [2.24, 2.45) is 5.73 Å². The van der Waals surface area contributed by atoms with E-state index in [0.29, 0.717) is 17.0 Å². The zero-order valence-corrected chi connectivity index (χ0v) is 8.05. The number of rotatable bonds is 1. The van der Waals surface area contributed by atoms with Crippen LogP contribution in [0.25, 0.3) is 10.9 Å². The van der Waals surface area contributed by atoms with Gasteiger partial charge in [0, 0.05) is 23.7 Å². The van der Waals surface area contributed by atoms with Crippen LogP contribution in [0.4, 0.5) is 4.39 Å². The van der Waals surface area contributed by atoms with Crippen LogP contribution >= 0.6 is 11.6 Å². The van der Waals surface area contributed by atoms with E-state index < -0.39 is 0 Å². The largest absolute Gasteiger partial charge is 0.326 e. The molecule has 14 heavy (non-hydrogen) atoms. The van der Waals surface area contributed by atoms with Crippen LogP contribution in [0.2, 0.25) is 5.02 Å². The molecule has 4 heteroatoms. The van der Waals surface area contributed by atoms with E-state index in [1.54, 1.807) is 12.1 Å². The highest BCUT2D eigenvalue weighted by Gasteiger charge is 2.07. The van der Waals surface area contributed by atoms with Crippen LogP contribution < -0.4 is 5.73 Å². The predicted molar refractivity (Wildman–Crippen MR) is 54.6 cm³/mol. The topological polar surface area (TPSA) is 38.9 Å². The van der Waals surface area contributed by atoms with E-state index in [-0.39, 0.29) is 11.3 Å². The number of benzene rings is 1. The van der Waals surface area contributed by atoms with Crippen molar-refractivity contribution in [1.29, 1.82) is 0 Å². The minimum atomic E-state index is -0.368. The second-order valence-corrected chi connectivity index (χ2v) is 3.32. The van der Waals surface area contributed by atoms with Crippen LogP contribution in [-0.4, -0.2) is 4.98 Å². The molecular formula is C10H8ClFN2. The molecule has 0 aliphatic heterocycles. The highest BCUT2D eigenvalue weighted by molar-refractivity contribution is 6.36. The van der Waals surface area contributed by atoms with Crippen LogP contribution in [0.3, 0.4) is 0 Å². The fourth-order valence-corrected chi connectivity index (χ4v) is 1.62. The lowest BCUT2D eigenvalue weighted by molar-refractivity contribution is 0.636. The molecule has 0 unspecified atom stereocenters. The van der Waals surface area contributed by atoms with Crippen molar-refractivity contribution < 1.29 is 4.39 Å². The van der Waals surface area contributed by atoms with Gasteiger partial charge in [0.15, 0.2) is 0 Å². The summed E-state index contributed by atoms with van der Waals surface area (Å²) in [5.41, 5.74) is 6.47. The molecule has 2 rings (SSSR count). The van der Waals surface area contributed by atoms with Gasteiger partial charge in [0.2, 0.25) is 0 Å². The Balaban J connectivity index is 2.84. The highest BCUT2D eigenvalue weighted by atomic mass is 35.5. The second-order valence-electron chi connectivity index (χ2n) is 2.94. The van der Waals surface area contributed by atoms with Crippen LogP contribution in [0, 0.1) is 5.82 Å². The molecule has 0 bridgehead atoms. The average Bonchev–Trinajstić information content (AvgIpc) is 2.20. The van der Waals surface area contributed by atoms with Crippen molar-refractivity contribution in [2.75, 3.05) is 0 Å². The maximum Gasteiger partial charge on any atom is 0.149 e. The van der Waals surface area contributed by atoms with Gasteiger partial charge in [0.25, 0.3) is 0 Å². The lowest BCUT2D eigenvalue weighted by Gasteiger charge is -2.04. The van der Waals surface area contributed by atoms with Gasteiger partial charge in [-0.1, -0.05) is 23.7 Å². The Morgan fingerprint density at radius 2 is 2.21 bits per heavy atom. The van der Waals surface area contributed by atoms with Gasteiger partial charge < -0.3 is 5.73 Å². The lowest BCUT2D eigenvalue weighted by Crippen LogP contribution is -1.99. The number of hydrogen-bond donors (Lipinski definition) is 1. The van der Waals surface area contributed by atoms with Crippen molar-refractivity contribution in [3.8, 4) is 0 Å². The third-order valence-electron chi connectivity index (χ3n) is 2.07. The van der Waals surface area contributed by atoms with Crippen molar-refractivity contribution >= 4 is 22.5 Å². The predicted octanol–water partition coefficient (Wildman–Crippen LogP) is 2.49. The third-order valence-corrected chi connectivity index (χ3v) is 2.52. The van der Waals surface area contributed by atoms with Crippen LogP contribution in [0.15, 0.2) is 24.4 Å². The summed E-state index contributed by atoms with van der Waals surface area (Å²) in [7, 11) is 0. The fraction of sp³-hybridized carbons (Fsp3) is 0.100. The maximum atomic E-state index is 13.2. The van der Waals surface area contributed by atoms with Crippen molar-refractivity contribution in [3.63, 3.8) is 0 Å². The summed E-state index contributed by atoms with van der Waals surface area (Å²) in [5.74, 6) is -0.368. The number of nitrogens with zero attached hydrogens (tertiary/aromatic N) is 1. The Bertz CT molecular complexity index is 485. The van der Waals surface area contributed by atoms with E-state index in [1.807, 2.05) is 0 Å². The first kappa shape index (κ1) is 9.37. The van der Waals surface area contributed by atoms with E-state index in [2.05, 4.69) is 4.98 Å². The van der Waals surface area contributed by atoms with E-state index in [4.69, 9.17) is 17.3 Å². The molecule has 0 spiro atoms. The number of hydrogen-bond acceptors (Lipinski definition) is 2. The summed E-state index contributed by atoms with van der Waals surface area (Å²) < 4.78 is 13.2. The molecule has 2 aromatic rings. The van der Waals surface area contributed by atoms with Gasteiger partial charge in [-0.15, -0.1) is 0 Å². The number of para-hydroxylation sites is 1. The van der Waals surface area contributed by atoms with Crippen molar-refractivity contribution in [2.45, 2.75) is 6.54 Å². The lowest BCUT2D eigenvalue weighted by atomic mass is 10.1. The van der Waals surface area contributed by atoms with Crippen LogP contribution in [-0.2, 0) is 6.54 Å². The Labute approximate surface area is 85.5 Å². The summed E-state index contributed by atoms with van der Waals surface area (Å²) in [6, 6.07) is 4.69. The molecule has 72 valence electrons. The summed E-state index contributed by atoms with van der Waals surface area (Å²) >= 11 is 6.03. The van der Waals surface area contributed by atoms with E-state index in [1.165, 1.54) is 12.3 Å². The number of nitrogens with two attached hydrogens (primary N) is 1. The summed E-state index contributed by atoms with van der Waals surface area (Å²) in [4.78, 5) is 3.97. The zero-order valence-electron chi connectivity index (χ0n) is 7.30. The molecule has 0 aliphatic rings. The average molecular weight is 211 g/mol. The monoisotopic (exact) mass is 210 g/mol. The molecule has 0 atom stereocenters. The van der Waals surface area contributed by atoms with Crippen LogP contribution in [0.1, 0.15) is 5.56 Å². The summed E-state index contributed by atoms with van der Waals surface area (Å²) in [5, 5.41) is 1.09. The van der Waals surface area contributed by atoms with Gasteiger partial charge in [-0.2, -0.15) is 0 Å². The Morgan fingerprint density at radius 1 is 1.43 bits per heavy atom. The minimum Gasteiger partial charge on any atom is -0.326 e. The molecule has 1 heterocycles. The van der Waals surface area contributed by atoms with Gasteiger partial charge >= 0.3 is 0 Å². The molecule has 1 aromatic heterocycles. The molecule has 1 aromatic carbocycles. The molecule has 2 N–H and O–H groups in total. The van der Waals surface area contributed by atoms with Crippen molar-refractivity contribution in [1.82, 2.24) is 4.98 Å². The van der Waals surface area contributed by atoms with Crippen LogP contribution in [0.5, 0.6) is 0 Å². The number of fused-ring (bicyclic) bond motifs is 1. The Hall–Kier alpha value is -1.19. The number of aromatic nitrogens is 1. The molecule has 0 saturated carbocycles. The second kappa shape index (κ2) is 3.52. The van der Waals surface area contributed by atoms with Gasteiger partial charge in [-0.05, 0) is 6.07 Å². The number of pyridine rings is 1. The van der Waals surface area contributed by atoms with Crippen molar-refractivity contribution in [3.05, 3.63) is 40.8 Å². The molecule has 2 nitrogen and oxygen atoms in total. The molecule has 0 radical (unpaired) electrons. The Morgan fingerprint density at radius 3 is 2.93 bits per heavy atom. The smallest absolute Gasteiger partial charge is 0.149 e. The molecule has 0 amide bonds. The van der Waals surface area contributed by atoms with Gasteiger partial charge in [-0.3, -0.25) is 4.98 Å². The fourth-order valence-electron chi connectivity index (χ4n) is 1.34. The van der Waals surface area contributed by atoms with E-state index in [9.17, 15) is 4.39 Å². The first-order valence-corrected chi connectivity index (χ1v) is 4.53. The quantitative estimate of drug-likeness (QED) is 0.786. The molecular weight excluding hydrogens is 203 g/mol. The van der Waals surface area contributed by atoms with Gasteiger partial charge in [0.1, 0.15) is 11.3 Å². The minimum absolute atomic E-state index is 0.287. The van der Waals surface area contributed by atoms with Gasteiger partial charge in [-0.25, -0.2) is 4.39 Å². The zero-order chi connectivity index (χ0) is 10.1. The summed E-state index contributed by atoms with van der Waals surface area (Å²) in [6.07, 6.45) is 1.51. The molecule has 0 saturated heterocycles. The third kappa shape index (κ3) is 1.35. The molecule has 0 fully saturated rings. The first-order valence-electron chi connectivity index (χ1n) is 4.15. The SMILES string of the molecule is NCc1cnc2c(F)cccc2c1Cl. The Kier molecular flexibility index (Phi) is 2.35. The summed E-state index contributed by atoms with van der Waals surface area (Å²) in [6.45, 7) is 0.304.